The fourth-order valence-corrected chi connectivity index (χ4v) is 2.07. The van der Waals surface area contributed by atoms with Gasteiger partial charge in [-0.05, 0) is 23.8 Å². The van der Waals surface area contributed by atoms with Crippen LogP contribution in [0.15, 0.2) is 66.9 Å². The standard InChI is InChI=1S/C17H15N3O/c21-12-13-5-4-8-15(11-13)19-17-18-10-9-16(20-17)14-6-2-1-3-7-14/h1-11,21H,12H2,(H,18,19,20). The second kappa shape index (κ2) is 6.15. The third-order valence-electron chi connectivity index (χ3n) is 3.09. The van der Waals surface area contributed by atoms with Crippen molar-refractivity contribution in [2.75, 3.05) is 5.32 Å². The van der Waals surface area contributed by atoms with Crippen LogP contribution in [0.25, 0.3) is 11.3 Å². The summed E-state index contributed by atoms with van der Waals surface area (Å²) >= 11 is 0. The number of nitrogens with one attached hydrogen (secondary N) is 1. The van der Waals surface area contributed by atoms with Crippen LogP contribution >= 0.6 is 0 Å². The Morgan fingerprint density at radius 3 is 2.62 bits per heavy atom. The van der Waals surface area contributed by atoms with Gasteiger partial charge in [-0.3, -0.25) is 0 Å². The Bertz CT molecular complexity index is 729. The van der Waals surface area contributed by atoms with E-state index in [1.807, 2.05) is 60.7 Å². The molecule has 0 atom stereocenters. The number of aromatic nitrogens is 2. The minimum Gasteiger partial charge on any atom is -0.392 e. The van der Waals surface area contributed by atoms with E-state index in [9.17, 15) is 0 Å². The molecule has 104 valence electrons. The van der Waals surface area contributed by atoms with E-state index in [-0.39, 0.29) is 6.61 Å². The molecule has 0 fully saturated rings. The van der Waals surface area contributed by atoms with Crippen LogP contribution in [0.5, 0.6) is 0 Å². The van der Waals surface area contributed by atoms with E-state index in [0.29, 0.717) is 5.95 Å². The topological polar surface area (TPSA) is 58.0 Å². The Balaban J connectivity index is 1.86. The molecule has 0 unspecified atom stereocenters. The molecule has 0 saturated carbocycles. The van der Waals surface area contributed by atoms with E-state index >= 15 is 0 Å². The molecule has 4 nitrogen and oxygen atoms in total. The largest absolute Gasteiger partial charge is 0.392 e. The highest BCUT2D eigenvalue weighted by Crippen LogP contribution is 2.19. The first-order valence-corrected chi connectivity index (χ1v) is 6.70. The summed E-state index contributed by atoms with van der Waals surface area (Å²) in [5, 5.41) is 12.3. The Morgan fingerprint density at radius 2 is 1.81 bits per heavy atom. The van der Waals surface area contributed by atoms with Gasteiger partial charge in [-0.1, -0.05) is 42.5 Å². The summed E-state index contributed by atoms with van der Waals surface area (Å²) in [6.45, 7) is 0.0143. The average Bonchev–Trinajstić information content (AvgIpc) is 2.56. The molecular weight excluding hydrogens is 262 g/mol. The maximum absolute atomic E-state index is 9.16. The zero-order valence-corrected chi connectivity index (χ0v) is 11.4. The third-order valence-corrected chi connectivity index (χ3v) is 3.09. The first kappa shape index (κ1) is 13.3. The van der Waals surface area contributed by atoms with Crippen molar-refractivity contribution in [3.8, 4) is 11.3 Å². The van der Waals surface area contributed by atoms with Gasteiger partial charge in [0, 0.05) is 17.4 Å². The summed E-state index contributed by atoms with van der Waals surface area (Å²) in [4.78, 5) is 8.74. The Morgan fingerprint density at radius 1 is 0.952 bits per heavy atom. The molecule has 0 aliphatic rings. The molecule has 0 aliphatic carbocycles. The fraction of sp³-hybridized carbons (Fsp3) is 0.0588. The lowest BCUT2D eigenvalue weighted by Gasteiger charge is -2.07. The van der Waals surface area contributed by atoms with Gasteiger partial charge in [0.2, 0.25) is 5.95 Å². The van der Waals surface area contributed by atoms with Crippen LogP contribution in [0, 0.1) is 0 Å². The van der Waals surface area contributed by atoms with Crippen LogP contribution in [0.4, 0.5) is 11.6 Å². The molecule has 0 bridgehead atoms. The number of aliphatic hydroxyl groups excluding tert-OH is 1. The predicted molar refractivity (Wildman–Crippen MR) is 83.1 cm³/mol. The van der Waals surface area contributed by atoms with Gasteiger partial charge in [0.15, 0.2) is 0 Å². The van der Waals surface area contributed by atoms with Crippen LogP contribution in [0.3, 0.4) is 0 Å². The maximum atomic E-state index is 9.16. The molecule has 0 spiro atoms. The number of hydrogen-bond donors (Lipinski definition) is 2. The van der Waals surface area contributed by atoms with Crippen molar-refractivity contribution in [2.24, 2.45) is 0 Å². The van der Waals surface area contributed by atoms with Gasteiger partial charge in [0.05, 0.1) is 12.3 Å². The van der Waals surface area contributed by atoms with Crippen molar-refractivity contribution in [1.82, 2.24) is 9.97 Å². The lowest BCUT2D eigenvalue weighted by Crippen LogP contribution is -1.98. The number of rotatable bonds is 4. The zero-order chi connectivity index (χ0) is 14.5. The van der Waals surface area contributed by atoms with Gasteiger partial charge in [-0.25, -0.2) is 9.97 Å². The van der Waals surface area contributed by atoms with Gasteiger partial charge in [0.1, 0.15) is 0 Å². The smallest absolute Gasteiger partial charge is 0.227 e. The monoisotopic (exact) mass is 277 g/mol. The minimum atomic E-state index is 0.0143. The van der Waals surface area contributed by atoms with Gasteiger partial charge in [-0.2, -0.15) is 0 Å². The first-order chi connectivity index (χ1) is 10.3. The number of hydrogen-bond acceptors (Lipinski definition) is 4. The Kier molecular flexibility index (Phi) is 3.89. The quantitative estimate of drug-likeness (QED) is 0.767. The lowest BCUT2D eigenvalue weighted by atomic mass is 10.1. The number of benzene rings is 2. The summed E-state index contributed by atoms with van der Waals surface area (Å²) in [6.07, 6.45) is 1.73. The molecule has 3 aromatic rings. The number of nitrogens with zero attached hydrogens (tertiary/aromatic N) is 2. The Hall–Kier alpha value is -2.72. The summed E-state index contributed by atoms with van der Waals surface area (Å²) in [5.74, 6) is 0.534. The summed E-state index contributed by atoms with van der Waals surface area (Å²) in [5.41, 5.74) is 3.62. The van der Waals surface area contributed by atoms with E-state index in [0.717, 1.165) is 22.5 Å². The van der Waals surface area contributed by atoms with E-state index in [1.54, 1.807) is 6.20 Å². The van der Waals surface area contributed by atoms with Crippen LogP contribution in [0.1, 0.15) is 5.56 Å². The van der Waals surface area contributed by atoms with Crippen molar-refractivity contribution >= 4 is 11.6 Å². The van der Waals surface area contributed by atoms with E-state index in [1.165, 1.54) is 0 Å². The van der Waals surface area contributed by atoms with Gasteiger partial charge >= 0.3 is 0 Å². The highest BCUT2D eigenvalue weighted by molar-refractivity contribution is 5.62. The molecule has 2 N–H and O–H groups in total. The molecule has 1 aromatic heterocycles. The molecule has 2 aromatic carbocycles. The first-order valence-electron chi connectivity index (χ1n) is 6.70. The van der Waals surface area contributed by atoms with Crippen molar-refractivity contribution in [2.45, 2.75) is 6.61 Å². The fourth-order valence-electron chi connectivity index (χ4n) is 2.07. The van der Waals surface area contributed by atoms with Crippen molar-refractivity contribution in [1.29, 1.82) is 0 Å². The van der Waals surface area contributed by atoms with Crippen molar-refractivity contribution in [3.63, 3.8) is 0 Å². The summed E-state index contributed by atoms with van der Waals surface area (Å²) < 4.78 is 0. The van der Waals surface area contributed by atoms with Gasteiger partial charge in [0.25, 0.3) is 0 Å². The predicted octanol–water partition coefficient (Wildman–Crippen LogP) is 3.38. The molecule has 3 rings (SSSR count). The third kappa shape index (κ3) is 3.24. The molecule has 0 radical (unpaired) electrons. The maximum Gasteiger partial charge on any atom is 0.227 e. The van der Waals surface area contributed by atoms with Crippen LogP contribution in [-0.2, 0) is 6.61 Å². The highest BCUT2D eigenvalue weighted by atomic mass is 16.3. The molecule has 0 saturated heterocycles. The van der Waals surface area contributed by atoms with Crippen LogP contribution < -0.4 is 5.32 Å². The molecular formula is C17H15N3O. The SMILES string of the molecule is OCc1cccc(Nc2nccc(-c3ccccc3)n2)c1. The summed E-state index contributed by atoms with van der Waals surface area (Å²) in [7, 11) is 0. The normalized spacial score (nSPS) is 10.3. The second-order valence-electron chi connectivity index (χ2n) is 4.62. The lowest BCUT2D eigenvalue weighted by molar-refractivity contribution is 0.282. The Labute approximate surface area is 123 Å². The van der Waals surface area contributed by atoms with E-state index < -0.39 is 0 Å². The van der Waals surface area contributed by atoms with Gasteiger partial charge < -0.3 is 10.4 Å². The molecule has 0 amide bonds. The van der Waals surface area contributed by atoms with Crippen LogP contribution in [0.2, 0.25) is 0 Å². The van der Waals surface area contributed by atoms with E-state index in [2.05, 4.69) is 15.3 Å². The summed E-state index contributed by atoms with van der Waals surface area (Å²) in [6, 6.07) is 19.4. The number of anilines is 2. The minimum absolute atomic E-state index is 0.0143. The zero-order valence-electron chi connectivity index (χ0n) is 11.4. The van der Waals surface area contributed by atoms with Crippen LogP contribution in [-0.4, -0.2) is 15.1 Å². The number of aliphatic hydroxyl groups is 1. The molecule has 1 heterocycles. The van der Waals surface area contributed by atoms with Crippen molar-refractivity contribution < 1.29 is 5.11 Å². The molecule has 21 heavy (non-hydrogen) atoms. The second-order valence-corrected chi connectivity index (χ2v) is 4.62. The van der Waals surface area contributed by atoms with Gasteiger partial charge in [-0.15, -0.1) is 0 Å². The molecule has 0 aliphatic heterocycles. The molecule has 4 heteroatoms. The average molecular weight is 277 g/mol. The van der Waals surface area contributed by atoms with Crippen molar-refractivity contribution in [3.05, 3.63) is 72.4 Å². The highest BCUT2D eigenvalue weighted by Gasteiger charge is 2.02. The van der Waals surface area contributed by atoms with E-state index in [4.69, 9.17) is 5.11 Å².